The van der Waals surface area contributed by atoms with E-state index in [0.717, 1.165) is 11.1 Å². The lowest BCUT2D eigenvalue weighted by Gasteiger charge is -2.36. The number of carbonyl (C=O) groups is 3. The molecule has 2 aromatic rings. The van der Waals surface area contributed by atoms with E-state index in [1.165, 1.54) is 23.2 Å². The number of carboxylic acid groups (broad SMARTS) is 1. The van der Waals surface area contributed by atoms with E-state index in [0.29, 0.717) is 12.0 Å². The number of nitrogens with one attached hydrogen (secondary N) is 2. The number of nitrogens with two attached hydrogens (primary N) is 1. The fraction of sp³-hybridized carbons (Fsp3) is 0.333. The van der Waals surface area contributed by atoms with E-state index in [9.17, 15) is 27.9 Å². The lowest BCUT2D eigenvalue weighted by atomic mass is 9.96. The molecule has 0 saturated carbocycles. The largest absolute Gasteiger partial charge is 0.480 e. The molecule has 1 aliphatic rings. The summed E-state index contributed by atoms with van der Waals surface area (Å²) >= 11 is 0. The van der Waals surface area contributed by atoms with Gasteiger partial charge in [-0.3, -0.25) is 9.59 Å². The van der Waals surface area contributed by atoms with Crippen LogP contribution in [0.4, 0.5) is 4.79 Å². The third-order valence-electron chi connectivity index (χ3n) is 5.95. The summed E-state index contributed by atoms with van der Waals surface area (Å²) in [5, 5.41) is 15.4. The third kappa shape index (κ3) is 7.66. The highest BCUT2D eigenvalue weighted by Gasteiger charge is 2.35. The molecule has 206 valence electrons. The third-order valence-corrected chi connectivity index (χ3v) is 7.58. The van der Waals surface area contributed by atoms with Crippen molar-refractivity contribution < 1.29 is 32.6 Å². The minimum Gasteiger partial charge on any atom is -0.480 e. The highest BCUT2D eigenvalue weighted by atomic mass is 35.5. The number of aliphatic carboxylic acids is 1. The Balaban J connectivity index is 0.00000507. The first-order chi connectivity index (χ1) is 17.5. The number of carboxylic acids is 1. The van der Waals surface area contributed by atoms with Gasteiger partial charge >= 0.3 is 12.1 Å². The standard InChI is InChI=1S/C24H29N5O7S.ClH/c1-15-5-3-4-6-21(15)37(34,35)28-19(23(31)32)14-26-22(30)12-18-11-20(29(2)24(33)36-18)17-9-7-16(8-10-17)13-27-25;/h3-10,13,18-20,28H,11-12,14,25H2,1-2H3,(H,26,30)(H,31,32);1H/t18-,19-,20+;/m0./s1. The van der Waals surface area contributed by atoms with Crippen molar-refractivity contribution in [3.63, 3.8) is 0 Å². The van der Waals surface area contributed by atoms with Gasteiger partial charge in [0.1, 0.15) is 12.1 Å². The quantitative estimate of drug-likeness (QED) is 0.189. The van der Waals surface area contributed by atoms with Gasteiger partial charge < -0.3 is 25.9 Å². The van der Waals surface area contributed by atoms with Crippen molar-refractivity contribution in [3.8, 4) is 0 Å². The average Bonchev–Trinajstić information content (AvgIpc) is 2.84. The summed E-state index contributed by atoms with van der Waals surface area (Å²) in [5.74, 6) is 3.13. The number of hydrogen-bond acceptors (Lipinski definition) is 8. The Bertz CT molecular complexity index is 1290. The van der Waals surface area contributed by atoms with Gasteiger partial charge in [0, 0.05) is 20.0 Å². The summed E-state index contributed by atoms with van der Waals surface area (Å²) < 4.78 is 32.8. The van der Waals surface area contributed by atoms with E-state index in [2.05, 4.69) is 15.1 Å². The van der Waals surface area contributed by atoms with Gasteiger partial charge in [-0.2, -0.15) is 9.82 Å². The van der Waals surface area contributed by atoms with Gasteiger partial charge in [0.15, 0.2) is 0 Å². The number of sulfonamides is 1. The van der Waals surface area contributed by atoms with Crippen molar-refractivity contribution in [3.05, 3.63) is 65.2 Å². The number of nitrogens with zero attached hydrogens (tertiary/aromatic N) is 2. The summed E-state index contributed by atoms with van der Waals surface area (Å²) in [6, 6.07) is 11.4. The number of amides is 2. The van der Waals surface area contributed by atoms with E-state index in [4.69, 9.17) is 10.6 Å². The summed E-state index contributed by atoms with van der Waals surface area (Å²) in [7, 11) is -2.55. The van der Waals surface area contributed by atoms with Gasteiger partial charge in [0.2, 0.25) is 15.9 Å². The normalized spacial score (nSPS) is 18.4. The molecule has 3 atom stereocenters. The Labute approximate surface area is 226 Å². The fourth-order valence-corrected chi connectivity index (χ4v) is 5.40. The first kappa shape index (κ1) is 30.5. The molecular weight excluding hydrogens is 538 g/mol. The van der Waals surface area contributed by atoms with Crippen molar-refractivity contribution in [2.75, 3.05) is 13.6 Å². The second kappa shape index (κ2) is 13.2. The highest BCUT2D eigenvalue weighted by molar-refractivity contribution is 7.89. The van der Waals surface area contributed by atoms with Crippen LogP contribution in [0.2, 0.25) is 0 Å². The van der Waals surface area contributed by atoms with Crippen LogP contribution in [-0.2, 0) is 24.3 Å². The van der Waals surface area contributed by atoms with E-state index in [1.54, 1.807) is 38.2 Å². The molecule has 1 saturated heterocycles. The SMILES string of the molecule is Cc1ccccc1S(=O)(=O)N[C@@H](CNC(=O)C[C@@H]1C[C@H](c2ccc(C=NN)cc2)N(C)C(=O)O1)C(=O)O.Cl. The summed E-state index contributed by atoms with van der Waals surface area (Å²) in [6.07, 6.45) is 0.232. The van der Waals surface area contributed by atoms with E-state index < -0.39 is 46.7 Å². The maximum Gasteiger partial charge on any atom is 0.410 e. The lowest BCUT2D eigenvalue weighted by molar-refractivity contribution is -0.138. The first-order valence-corrected chi connectivity index (χ1v) is 12.8. The van der Waals surface area contributed by atoms with E-state index in [1.807, 2.05) is 12.1 Å². The number of hydrogen-bond donors (Lipinski definition) is 4. The number of ether oxygens (including phenoxy) is 1. The second-order valence-corrected chi connectivity index (χ2v) is 10.3. The molecule has 0 bridgehead atoms. The van der Waals surface area contributed by atoms with Gasteiger partial charge in [-0.25, -0.2) is 13.2 Å². The van der Waals surface area contributed by atoms with E-state index >= 15 is 0 Å². The van der Waals surface area contributed by atoms with Gasteiger partial charge in [0.05, 0.1) is 23.6 Å². The summed E-state index contributed by atoms with van der Waals surface area (Å²) in [4.78, 5) is 38.0. The maximum atomic E-state index is 12.7. The Kier molecular flexibility index (Phi) is 10.6. The molecular formula is C24H30ClN5O7S. The molecule has 2 aromatic carbocycles. The second-order valence-electron chi connectivity index (χ2n) is 8.60. The molecule has 0 radical (unpaired) electrons. The molecule has 0 spiro atoms. The number of benzene rings is 2. The zero-order valence-corrected chi connectivity index (χ0v) is 22.4. The molecule has 3 rings (SSSR count). The molecule has 0 aliphatic carbocycles. The summed E-state index contributed by atoms with van der Waals surface area (Å²) in [6.45, 7) is 1.10. The molecule has 1 heterocycles. The van der Waals surface area contributed by atoms with Crippen LogP contribution in [0.1, 0.15) is 35.6 Å². The van der Waals surface area contributed by atoms with Gasteiger partial charge in [0.25, 0.3) is 0 Å². The number of halogens is 1. The lowest BCUT2D eigenvalue weighted by Crippen LogP contribution is -2.49. The molecule has 12 nitrogen and oxygen atoms in total. The molecule has 38 heavy (non-hydrogen) atoms. The maximum absolute atomic E-state index is 12.7. The Morgan fingerprint density at radius 3 is 2.50 bits per heavy atom. The molecule has 5 N–H and O–H groups in total. The van der Waals surface area contributed by atoms with Crippen LogP contribution in [0.5, 0.6) is 0 Å². The Hall–Kier alpha value is -3.68. The smallest absolute Gasteiger partial charge is 0.410 e. The average molecular weight is 568 g/mol. The molecule has 1 aliphatic heterocycles. The van der Waals surface area contributed by atoms with Crippen molar-refractivity contribution >= 4 is 46.6 Å². The minimum atomic E-state index is -4.14. The molecule has 14 heteroatoms. The number of hydrazone groups is 1. The number of aryl methyl sites for hydroxylation is 1. The van der Waals surface area contributed by atoms with Crippen LogP contribution >= 0.6 is 12.4 Å². The molecule has 0 aromatic heterocycles. The van der Waals surface area contributed by atoms with Crippen molar-refractivity contribution in [2.24, 2.45) is 10.9 Å². The Morgan fingerprint density at radius 2 is 1.89 bits per heavy atom. The van der Waals surface area contributed by atoms with Crippen LogP contribution in [0, 0.1) is 6.92 Å². The monoisotopic (exact) mass is 567 g/mol. The number of rotatable bonds is 10. The van der Waals surface area contributed by atoms with Crippen molar-refractivity contribution in [2.45, 2.75) is 42.8 Å². The van der Waals surface area contributed by atoms with Crippen LogP contribution in [0.15, 0.2) is 58.5 Å². The fourth-order valence-electron chi connectivity index (χ4n) is 3.97. The molecule has 0 unspecified atom stereocenters. The first-order valence-electron chi connectivity index (χ1n) is 11.4. The van der Waals surface area contributed by atoms with Crippen LogP contribution < -0.4 is 15.9 Å². The highest BCUT2D eigenvalue weighted by Crippen LogP contribution is 2.31. The van der Waals surface area contributed by atoms with Crippen LogP contribution in [-0.4, -0.2) is 68.3 Å². The zero-order chi connectivity index (χ0) is 27.2. The Morgan fingerprint density at radius 1 is 1.24 bits per heavy atom. The van der Waals surface area contributed by atoms with Crippen molar-refractivity contribution in [1.82, 2.24) is 14.9 Å². The molecule has 1 fully saturated rings. The topological polar surface area (TPSA) is 180 Å². The number of carbonyl (C=O) groups excluding carboxylic acids is 2. The van der Waals surface area contributed by atoms with Crippen LogP contribution in [0.3, 0.4) is 0 Å². The minimum absolute atomic E-state index is 0. The van der Waals surface area contributed by atoms with E-state index in [-0.39, 0.29) is 29.8 Å². The van der Waals surface area contributed by atoms with Crippen molar-refractivity contribution in [1.29, 1.82) is 0 Å². The van der Waals surface area contributed by atoms with Gasteiger partial charge in [-0.15, -0.1) is 12.4 Å². The van der Waals surface area contributed by atoms with Gasteiger partial charge in [-0.1, -0.05) is 42.5 Å². The zero-order valence-electron chi connectivity index (χ0n) is 20.7. The summed E-state index contributed by atoms with van der Waals surface area (Å²) in [5.41, 5.74) is 2.06. The number of cyclic esters (lactones) is 1. The van der Waals surface area contributed by atoms with Crippen LogP contribution in [0.25, 0.3) is 0 Å². The molecule has 2 amide bonds. The van der Waals surface area contributed by atoms with Gasteiger partial charge in [-0.05, 0) is 29.7 Å². The predicted octanol–water partition coefficient (Wildman–Crippen LogP) is 1.53. The predicted molar refractivity (Wildman–Crippen MR) is 141 cm³/mol.